The van der Waals surface area contributed by atoms with Gasteiger partial charge in [-0.3, -0.25) is 0 Å². The Hall–Kier alpha value is -2.88. The third-order valence-corrected chi connectivity index (χ3v) is 2.46. The van der Waals surface area contributed by atoms with Crippen LogP contribution in [0.25, 0.3) is 6.08 Å². The van der Waals surface area contributed by atoms with E-state index in [1.807, 2.05) is 42.5 Å². The highest BCUT2D eigenvalue weighted by molar-refractivity contribution is 5.88. The van der Waals surface area contributed by atoms with Crippen molar-refractivity contribution in [3.05, 3.63) is 79.4 Å². The first kappa shape index (κ1) is 20.1. The predicted molar refractivity (Wildman–Crippen MR) is 92.6 cm³/mol. The van der Waals surface area contributed by atoms with Gasteiger partial charge in [-0.05, 0) is 12.0 Å². The molecule has 0 spiro atoms. The molecule has 0 amide bonds. The molecule has 0 aromatic heterocycles. The predicted octanol–water partition coefficient (Wildman–Crippen LogP) is 3.72. The molecule has 4 nitrogen and oxygen atoms in total. The van der Waals surface area contributed by atoms with E-state index in [1.165, 1.54) is 13.2 Å². The smallest absolute Gasteiger partial charge is 0.333 e. The van der Waals surface area contributed by atoms with Gasteiger partial charge < -0.3 is 9.47 Å². The van der Waals surface area contributed by atoms with Crippen molar-refractivity contribution in [1.29, 1.82) is 0 Å². The highest BCUT2D eigenvalue weighted by atomic mass is 16.5. The molecular weight excluding hydrogens is 292 g/mol. The molecule has 0 unspecified atom stereocenters. The van der Waals surface area contributed by atoms with Crippen molar-refractivity contribution in [2.24, 2.45) is 0 Å². The first-order valence-corrected chi connectivity index (χ1v) is 6.92. The Bertz CT molecular complexity index is 556. The SMILES string of the molecule is C=C(CC=Cc1ccccc1)C(=O)OC.C=CCOC(=O)C=C. The van der Waals surface area contributed by atoms with Crippen LogP contribution >= 0.6 is 0 Å². The molecule has 0 saturated carbocycles. The molecular formula is C19H22O4. The fourth-order valence-corrected chi connectivity index (χ4v) is 1.33. The lowest BCUT2D eigenvalue weighted by molar-refractivity contribution is -0.137. The van der Waals surface area contributed by atoms with Crippen molar-refractivity contribution in [1.82, 2.24) is 0 Å². The summed E-state index contributed by atoms with van der Waals surface area (Å²) in [6.45, 7) is 10.4. The maximum absolute atomic E-state index is 11.0. The highest BCUT2D eigenvalue weighted by Crippen LogP contribution is 2.06. The molecule has 0 aliphatic rings. The minimum absolute atomic E-state index is 0.255. The number of methoxy groups -OCH3 is 1. The number of allylic oxidation sites excluding steroid dienone is 1. The maximum Gasteiger partial charge on any atom is 0.333 e. The summed E-state index contributed by atoms with van der Waals surface area (Å²) in [5, 5.41) is 0. The van der Waals surface area contributed by atoms with Gasteiger partial charge in [0.15, 0.2) is 0 Å². The lowest BCUT2D eigenvalue weighted by Crippen LogP contribution is -2.02. The Morgan fingerprint density at radius 2 is 1.83 bits per heavy atom. The van der Waals surface area contributed by atoms with Crippen LogP contribution in [-0.4, -0.2) is 25.7 Å². The minimum Gasteiger partial charge on any atom is -0.466 e. The molecule has 0 atom stereocenters. The molecule has 0 bridgehead atoms. The summed E-state index contributed by atoms with van der Waals surface area (Å²) in [4.78, 5) is 21.2. The Kier molecular flexibility index (Phi) is 11.2. The Morgan fingerprint density at radius 1 is 1.17 bits per heavy atom. The van der Waals surface area contributed by atoms with Crippen LogP contribution < -0.4 is 0 Å². The van der Waals surface area contributed by atoms with Crippen molar-refractivity contribution in [2.75, 3.05) is 13.7 Å². The van der Waals surface area contributed by atoms with Crippen LogP contribution in [-0.2, 0) is 19.1 Å². The fourth-order valence-electron chi connectivity index (χ4n) is 1.33. The fraction of sp³-hybridized carbons (Fsp3) is 0.158. The average Bonchev–Trinajstić information content (AvgIpc) is 2.60. The van der Waals surface area contributed by atoms with E-state index in [9.17, 15) is 9.59 Å². The van der Waals surface area contributed by atoms with Gasteiger partial charge in [0.2, 0.25) is 0 Å². The van der Waals surface area contributed by atoms with E-state index in [1.54, 1.807) is 0 Å². The van der Waals surface area contributed by atoms with Gasteiger partial charge in [0.1, 0.15) is 6.61 Å². The Morgan fingerprint density at radius 3 is 2.35 bits per heavy atom. The summed E-state index contributed by atoms with van der Waals surface area (Å²) in [7, 11) is 1.36. The average molecular weight is 314 g/mol. The van der Waals surface area contributed by atoms with Crippen molar-refractivity contribution < 1.29 is 19.1 Å². The molecule has 0 N–H and O–H groups in total. The summed E-state index contributed by atoms with van der Waals surface area (Å²) in [5.74, 6) is -0.766. The number of rotatable bonds is 7. The number of carbonyl (C=O) groups is 2. The zero-order valence-corrected chi connectivity index (χ0v) is 13.4. The largest absolute Gasteiger partial charge is 0.466 e. The molecule has 1 rings (SSSR count). The number of hydrogen-bond acceptors (Lipinski definition) is 4. The highest BCUT2D eigenvalue weighted by Gasteiger charge is 2.02. The molecule has 0 fully saturated rings. The van der Waals surface area contributed by atoms with Crippen LogP contribution in [0.15, 0.2) is 73.9 Å². The topological polar surface area (TPSA) is 52.6 Å². The van der Waals surface area contributed by atoms with Crippen LogP contribution in [0.5, 0.6) is 0 Å². The van der Waals surface area contributed by atoms with E-state index < -0.39 is 5.97 Å². The second-order valence-corrected chi connectivity index (χ2v) is 4.24. The van der Waals surface area contributed by atoms with Crippen LogP contribution in [0.4, 0.5) is 0 Å². The first-order chi connectivity index (χ1) is 11.0. The number of hydrogen-bond donors (Lipinski definition) is 0. The zero-order valence-electron chi connectivity index (χ0n) is 13.4. The van der Waals surface area contributed by atoms with Crippen molar-refractivity contribution in [3.8, 4) is 0 Å². The molecule has 23 heavy (non-hydrogen) atoms. The van der Waals surface area contributed by atoms with Gasteiger partial charge in [0.05, 0.1) is 7.11 Å². The van der Waals surface area contributed by atoms with E-state index in [2.05, 4.69) is 29.2 Å². The molecule has 0 aliphatic carbocycles. The van der Waals surface area contributed by atoms with Crippen LogP contribution in [0.1, 0.15) is 12.0 Å². The van der Waals surface area contributed by atoms with Crippen LogP contribution in [0.3, 0.4) is 0 Å². The first-order valence-electron chi connectivity index (χ1n) is 6.92. The summed E-state index contributed by atoms with van der Waals surface area (Å²) in [5.41, 5.74) is 1.57. The van der Waals surface area contributed by atoms with E-state index in [0.717, 1.165) is 11.6 Å². The standard InChI is InChI=1S/C13H14O2.C6H8O2/c1-11(13(14)15-2)7-6-10-12-8-4-3-5-9-12;1-3-5-8-6(7)4-2/h3-6,8-10H,1,7H2,2H3;3-4H,1-2,5H2. The third-order valence-electron chi connectivity index (χ3n) is 2.46. The monoisotopic (exact) mass is 314 g/mol. The lowest BCUT2D eigenvalue weighted by atomic mass is 10.1. The van der Waals surface area contributed by atoms with Gasteiger partial charge in [0, 0.05) is 11.6 Å². The van der Waals surface area contributed by atoms with Crippen molar-refractivity contribution in [3.63, 3.8) is 0 Å². The summed E-state index contributed by atoms with van der Waals surface area (Å²) >= 11 is 0. The maximum atomic E-state index is 11.0. The molecule has 1 aromatic rings. The molecule has 1 aromatic carbocycles. The van der Waals surface area contributed by atoms with E-state index in [0.29, 0.717) is 12.0 Å². The normalized spacial score (nSPS) is 9.26. The number of carbonyl (C=O) groups excluding carboxylic acids is 2. The number of ether oxygens (including phenoxy) is 2. The van der Waals surface area contributed by atoms with Gasteiger partial charge in [-0.15, -0.1) is 0 Å². The second-order valence-electron chi connectivity index (χ2n) is 4.24. The summed E-state index contributed by atoms with van der Waals surface area (Å²) in [6.07, 6.45) is 6.98. The Balaban J connectivity index is 0.000000515. The molecule has 122 valence electrons. The van der Waals surface area contributed by atoms with Gasteiger partial charge in [0.25, 0.3) is 0 Å². The molecule has 0 aliphatic heterocycles. The third kappa shape index (κ3) is 10.5. The minimum atomic E-state index is -0.412. The molecule has 0 radical (unpaired) electrons. The van der Waals surface area contributed by atoms with Gasteiger partial charge in [-0.1, -0.05) is 68.3 Å². The second kappa shape index (κ2) is 12.8. The Labute approximate surface area is 137 Å². The van der Waals surface area contributed by atoms with Crippen LogP contribution in [0, 0.1) is 0 Å². The van der Waals surface area contributed by atoms with E-state index in [-0.39, 0.29) is 12.6 Å². The summed E-state index contributed by atoms with van der Waals surface area (Å²) in [6, 6.07) is 9.89. The van der Waals surface area contributed by atoms with Crippen molar-refractivity contribution in [2.45, 2.75) is 6.42 Å². The molecule has 0 heterocycles. The van der Waals surface area contributed by atoms with E-state index in [4.69, 9.17) is 0 Å². The van der Waals surface area contributed by atoms with Gasteiger partial charge >= 0.3 is 11.9 Å². The molecule has 4 heteroatoms. The van der Waals surface area contributed by atoms with Gasteiger partial charge in [-0.25, -0.2) is 9.59 Å². The lowest BCUT2D eigenvalue weighted by Gasteiger charge is -1.98. The zero-order chi connectivity index (χ0) is 17.5. The summed E-state index contributed by atoms with van der Waals surface area (Å²) < 4.78 is 9.01. The van der Waals surface area contributed by atoms with Gasteiger partial charge in [-0.2, -0.15) is 0 Å². The number of benzene rings is 1. The van der Waals surface area contributed by atoms with Crippen molar-refractivity contribution >= 4 is 18.0 Å². The van der Waals surface area contributed by atoms with E-state index >= 15 is 0 Å². The molecule has 0 saturated heterocycles. The quantitative estimate of drug-likeness (QED) is 0.437. The number of esters is 2. The van der Waals surface area contributed by atoms with Crippen LogP contribution in [0.2, 0.25) is 0 Å².